The average Bonchev–Trinajstić information content (AvgIpc) is 2.88. The van der Waals surface area contributed by atoms with Crippen LogP contribution in [0.4, 0.5) is 0 Å². The number of hydrogen-bond donors (Lipinski definition) is 1. The van der Waals surface area contributed by atoms with Crippen molar-refractivity contribution in [3.63, 3.8) is 0 Å². The van der Waals surface area contributed by atoms with Crippen molar-refractivity contribution in [3.8, 4) is 0 Å². The van der Waals surface area contributed by atoms with Gasteiger partial charge in [-0.3, -0.25) is 0 Å². The predicted octanol–water partition coefficient (Wildman–Crippen LogP) is 0.692. The maximum atomic E-state index is 12.5. The number of aliphatic hydroxyl groups is 1. The predicted molar refractivity (Wildman–Crippen MR) is 69.3 cm³/mol. The van der Waals surface area contributed by atoms with Crippen molar-refractivity contribution in [2.45, 2.75) is 23.6 Å². The van der Waals surface area contributed by atoms with Crippen LogP contribution in [0.2, 0.25) is 0 Å². The van der Waals surface area contributed by atoms with E-state index in [4.69, 9.17) is 4.74 Å². The van der Waals surface area contributed by atoms with Crippen LogP contribution in [0.15, 0.2) is 16.3 Å². The molecule has 2 heterocycles. The van der Waals surface area contributed by atoms with Crippen LogP contribution in [-0.2, 0) is 21.2 Å². The van der Waals surface area contributed by atoms with E-state index in [9.17, 15) is 13.5 Å². The standard InChI is InChI=1S/C11H17NO4S2/c1-2-10-3-4-11(17-10)18(14,15)12-5-6-16-8-9(12)7-13/h3-4,9,13H,2,5-8H2,1H3. The maximum Gasteiger partial charge on any atom is 0.253 e. The Hall–Kier alpha value is -0.470. The average molecular weight is 291 g/mol. The van der Waals surface area contributed by atoms with Gasteiger partial charge in [0.1, 0.15) is 4.21 Å². The van der Waals surface area contributed by atoms with E-state index in [1.165, 1.54) is 15.6 Å². The first-order valence-electron chi connectivity index (χ1n) is 5.88. The molecule has 0 aromatic carbocycles. The second-order valence-electron chi connectivity index (χ2n) is 4.10. The van der Waals surface area contributed by atoms with Crippen LogP contribution in [0.25, 0.3) is 0 Å². The maximum absolute atomic E-state index is 12.5. The topological polar surface area (TPSA) is 66.8 Å². The summed E-state index contributed by atoms with van der Waals surface area (Å²) in [5.41, 5.74) is 0. The molecule has 0 radical (unpaired) electrons. The number of sulfonamides is 1. The van der Waals surface area contributed by atoms with Gasteiger partial charge in [0.25, 0.3) is 10.0 Å². The Morgan fingerprint density at radius 1 is 1.56 bits per heavy atom. The van der Waals surface area contributed by atoms with Gasteiger partial charge in [-0.25, -0.2) is 8.42 Å². The number of ether oxygens (including phenoxy) is 1. The molecule has 0 aliphatic carbocycles. The van der Waals surface area contributed by atoms with Gasteiger partial charge in [-0.2, -0.15) is 4.31 Å². The molecule has 7 heteroatoms. The van der Waals surface area contributed by atoms with Gasteiger partial charge in [-0.1, -0.05) is 6.92 Å². The van der Waals surface area contributed by atoms with Crippen LogP contribution < -0.4 is 0 Å². The van der Waals surface area contributed by atoms with E-state index < -0.39 is 16.1 Å². The van der Waals surface area contributed by atoms with Gasteiger partial charge >= 0.3 is 0 Å². The van der Waals surface area contributed by atoms with E-state index in [-0.39, 0.29) is 13.2 Å². The highest BCUT2D eigenvalue weighted by Gasteiger charge is 2.34. The van der Waals surface area contributed by atoms with Crippen LogP contribution in [0.5, 0.6) is 0 Å². The van der Waals surface area contributed by atoms with Crippen LogP contribution in [0, 0.1) is 0 Å². The zero-order chi connectivity index (χ0) is 13.2. The van der Waals surface area contributed by atoms with E-state index >= 15 is 0 Å². The molecule has 1 aromatic rings. The van der Waals surface area contributed by atoms with Gasteiger partial charge in [0, 0.05) is 11.4 Å². The third-order valence-electron chi connectivity index (χ3n) is 2.93. The van der Waals surface area contributed by atoms with Crippen LogP contribution in [0.3, 0.4) is 0 Å². The second kappa shape index (κ2) is 5.66. The molecule has 102 valence electrons. The zero-order valence-electron chi connectivity index (χ0n) is 10.2. The molecular formula is C11H17NO4S2. The van der Waals surface area contributed by atoms with Crippen molar-refractivity contribution in [2.24, 2.45) is 0 Å². The summed E-state index contributed by atoms with van der Waals surface area (Å²) >= 11 is 1.29. The monoisotopic (exact) mass is 291 g/mol. The lowest BCUT2D eigenvalue weighted by molar-refractivity contribution is 0.0110. The Morgan fingerprint density at radius 2 is 2.33 bits per heavy atom. The first kappa shape index (κ1) is 14.0. The minimum atomic E-state index is -3.50. The Bertz CT molecular complexity index is 497. The molecule has 1 aliphatic heterocycles. The summed E-state index contributed by atoms with van der Waals surface area (Å²) in [6.45, 7) is 2.70. The summed E-state index contributed by atoms with van der Waals surface area (Å²) in [5.74, 6) is 0. The smallest absolute Gasteiger partial charge is 0.253 e. The lowest BCUT2D eigenvalue weighted by Gasteiger charge is -2.32. The molecule has 5 nitrogen and oxygen atoms in total. The Labute approximate surface area is 111 Å². The highest BCUT2D eigenvalue weighted by molar-refractivity contribution is 7.91. The van der Waals surface area contributed by atoms with Crippen molar-refractivity contribution >= 4 is 21.4 Å². The summed E-state index contributed by atoms with van der Waals surface area (Å²) in [6.07, 6.45) is 0.826. The van der Waals surface area contributed by atoms with Crippen LogP contribution >= 0.6 is 11.3 Å². The minimum absolute atomic E-state index is 0.217. The van der Waals surface area contributed by atoms with Crippen molar-refractivity contribution in [3.05, 3.63) is 17.0 Å². The molecule has 1 aliphatic rings. The van der Waals surface area contributed by atoms with Gasteiger partial charge in [-0.15, -0.1) is 11.3 Å². The zero-order valence-corrected chi connectivity index (χ0v) is 11.8. The number of aliphatic hydroxyl groups excluding tert-OH is 1. The molecule has 1 atom stereocenters. The molecule has 1 fully saturated rings. The fraction of sp³-hybridized carbons (Fsp3) is 0.636. The molecule has 1 aromatic heterocycles. The summed E-state index contributed by atoms with van der Waals surface area (Å²) in [5, 5.41) is 9.24. The molecule has 0 spiro atoms. The highest BCUT2D eigenvalue weighted by Crippen LogP contribution is 2.27. The summed E-state index contributed by atoms with van der Waals surface area (Å²) in [6, 6.07) is 3.00. The van der Waals surface area contributed by atoms with Gasteiger partial charge in [-0.05, 0) is 18.6 Å². The molecule has 1 N–H and O–H groups in total. The highest BCUT2D eigenvalue weighted by atomic mass is 32.2. The number of rotatable bonds is 4. The minimum Gasteiger partial charge on any atom is -0.395 e. The Balaban J connectivity index is 2.28. The third kappa shape index (κ3) is 2.60. The second-order valence-corrected chi connectivity index (χ2v) is 7.39. The van der Waals surface area contributed by atoms with Crippen LogP contribution in [-0.4, -0.2) is 50.2 Å². The molecule has 2 rings (SSSR count). The van der Waals surface area contributed by atoms with E-state index in [2.05, 4.69) is 0 Å². The molecule has 0 bridgehead atoms. The molecule has 1 unspecified atom stereocenters. The Kier molecular flexibility index (Phi) is 4.39. The fourth-order valence-corrected chi connectivity index (χ4v) is 4.91. The van der Waals surface area contributed by atoms with Crippen LogP contribution in [0.1, 0.15) is 11.8 Å². The Morgan fingerprint density at radius 3 is 2.94 bits per heavy atom. The molecule has 1 saturated heterocycles. The molecule has 18 heavy (non-hydrogen) atoms. The number of morpholine rings is 1. The van der Waals surface area contributed by atoms with Crippen molar-refractivity contribution in [2.75, 3.05) is 26.4 Å². The number of thiophene rings is 1. The lowest BCUT2D eigenvalue weighted by Crippen LogP contribution is -2.50. The summed E-state index contributed by atoms with van der Waals surface area (Å²) in [7, 11) is -3.50. The van der Waals surface area contributed by atoms with Crippen molar-refractivity contribution in [1.82, 2.24) is 4.31 Å². The van der Waals surface area contributed by atoms with Gasteiger partial charge in [0.2, 0.25) is 0 Å². The number of nitrogens with zero attached hydrogens (tertiary/aromatic N) is 1. The van der Waals surface area contributed by atoms with E-state index in [0.717, 1.165) is 11.3 Å². The summed E-state index contributed by atoms with van der Waals surface area (Å²) in [4.78, 5) is 1.04. The first-order chi connectivity index (χ1) is 8.59. The summed E-state index contributed by atoms with van der Waals surface area (Å²) < 4.78 is 31.8. The first-order valence-corrected chi connectivity index (χ1v) is 8.14. The fourth-order valence-electron chi connectivity index (χ4n) is 1.90. The van der Waals surface area contributed by atoms with Crippen molar-refractivity contribution in [1.29, 1.82) is 0 Å². The van der Waals surface area contributed by atoms with Crippen molar-refractivity contribution < 1.29 is 18.3 Å². The van der Waals surface area contributed by atoms with E-state index in [0.29, 0.717) is 17.4 Å². The van der Waals surface area contributed by atoms with Gasteiger partial charge in [0.15, 0.2) is 0 Å². The molecule has 0 amide bonds. The SMILES string of the molecule is CCc1ccc(S(=O)(=O)N2CCOCC2CO)s1. The van der Waals surface area contributed by atoms with Gasteiger partial charge in [0.05, 0.1) is 25.9 Å². The lowest BCUT2D eigenvalue weighted by atomic mass is 10.3. The molecular weight excluding hydrogens is 274 g/mol. The number of hydrogen-bond acceptors (Lipinski definition) is 5. The normalized spacial score (nSPS) is 22.2. The largest absolute Gasteiger partial charge is 0.395 e. The van der Waals surface area contributed by atoms with E-state index in [1.54, 1.807) is 6.07 Å². The molecule has 0 saturated carbocycles. The number of aryl methyl sites for hydroxylation is 1. The third-order valence-corrected chi connectivity index (χ3v) is 6.58. The van der Waals surface area contributed by atoms with Gasteiger partial charge < -0.3 is 9.84 Å². The quantitative estimate of drug-likeness (QED) is 0.886. The van der Waals surface area contributed by atoms with E-state index in [1.807, 2.05) is 13.0 Å².